The summed E-state index contributed by atoms with van der Waals surface area (Å²) in [5.74, 6) is -1.15. The third-order valence-corrected chi connectivity index (χ3v) is 6.92. The van der Waals surface area contributed by atoms with E-state index in [9.17, 15) is 19.5 Å². The van der Waals surface area contributed by atoms with Crippen molar-refractivity contribution >= 4 is 40.6 Å². The molecule has 1 atom stereocenters. The second-order valence-corrected chi connectivity index (χ2v) is 9.85. The minimum atomic E-state index is -1.20. The highest BCUT2D eigenvalue weighted by Gasteiger charge is 2.38. The predicted molar refractivity (Wildman–Crippen MR) is 138 cm³/mol. The number of fused-ring (bicyclic) bond motifs is 1. The van der Waals surface area contributed by atoms with Gasteiger partial charge in [0.25, 0.3) is 11.8 Å². The normalized spacial score (nSPS) is 13.2. The van der Waals surface area contributed by atoms with Crippen molar-refractivity contribution in [3.05, 3.63) is 58.6 Å². The van der Waals surface area contributed by atoms with Crippen LogP contribution < -0.4 is 31.2 Å². The van der Waals surface area contributed by atoms with Gasteiger partial charge in [-0.3, -0.25) is 19.3 Å². The Kier molecular flexibility index (Phi) is 6.94. The van der Waals surface area contributed by atoms with Crippen LogP contribution in [0.15, 0.2) is 42.5 Å². The number of carbonyl (C=O) groups excluding carboxylic acids is 3. The topological polar surface area (TPSA) is 170 Å². The van der Waals surface area contributed by atoms with Crippen LogP contribution in [0.25, 0.3) is 0 Å². The Hall–Kier alpha value is -4.32. The summed E-state index contributed by atoms with van der Waals surface area (Å²) in [5.41, 5.74) is 11.2. The molecule has 0 fully saturated rings. The predicted octanol–water partition coefficient (Wildman–Crippen LogP) is 2.95. The van der Waals surface area contributed by atoms with Crippen LogP contribution in [0, 0.1) is 0 Å². The second kappa shape index (κ2) is 9.97. The van der Waals surface area contributed by atoms with Gasteiger partial charge in [0, 0.05) is 17.3 Å². The first kappa shape index (κ1) is 25.8. The Balaban J connectivity index is 1.91. The number of phenolic OH excluding ortho intramolecular Hbond substituents is 1. The Bertz CT molecular complexity index is 1350. The molecular weight excluding hydrogens is 498 g/mol. The van der Waals surface area contributed by atoms with Gasteiger partial charge in [-0.25, -0.2) is 0 Å². The molecule has 0 bridgehead atoms. The van der Waals surface area contributed by atoms with Gasteiger partial charge >= 0.3 is 0 Å². The largest absolute Gasteiger partial charge is 0.508 e. The number of rotatable bonds is 8. The summed E-state index contributed by atoms with van der Waals surface area (Å²) in [4.78, 5) is 40.9. The number of aromatic nitrogens is 1. The van der Waals surface area contributed by atoms with Gasteiger partial charge < -0.3 is 31.4 Å². The quantitative estimate of drug-likeness (QED) is 0.348. The number of anilines is 2. The highest BCUT2D eigenvalue weighted by Crippen LogP contribution is 2.40. The van der Waals surface area contributed by atoms with E-state index in [0.717, 1.165) is 0 Å². The number of nitrogens with two attached hydrogens (primary N) is 2. The molecule has 0 saturated carbocycles. The number of hydrogen-bond acceptors (Lipinski definition) is 9. The zero-order valence-electron chi connectivity index (χ0n) is 20.5. The molecule has 1 aromatic heterocycles. The van der Waals surface area contributed by atoms with Crippen molar-refractivity contribution in [3.63, 3.8) is 0 Å². The van der Waals surface area contributed by atoms with E-state index in [0.29, 0.717) is 40.7 Å². The highest BCUT2D eigenvalue weighted by atomic mass is 32.1. The van der Waals surface area contributed by atoms with Crippen LogP contribution in [0.5, 0.6) is 17.2 Å². The van der Waals surface area contributed by atoms with Crippen LogP contribution in [-0.4, -0.2) is 39.5 Å². The van der Waals surface area contributed by atoms with E-state index in [1.807, 2.05) is 20.8 Å². The summed E-state index contributed by atoms with van der Waals surface area (Å²) < 4.78 is 14.9. The fraction of sp³-hybridized carbons (Fsp3) is 0.280. The molecular formula is C25H27N5O6S. The number of aromatic hydroxyl groups is 1. The highest BCUT2D eigenvalue weighted by molar-refractivity contribution is 7.09. The number of nitrogens with one attached hydrogen (secondary N) is 1. The molecule has 6 N–H and O–H groups in total. The third-order valence-electron chi connectivity index (χ3n) is 6.07. The number of nitrogens with zero attached hydrogens (tertiary/aromatic N) is 2. The maximum absolute atomic E-state index is 14.1. The molecule has 1 aliphatic rings. The third kappa shape index (κ3) is 5.14. The first-order chi connectivity index (χ1) is 17.5. The number of nitrogen functional groups attached to an aromatic ring is 1. The maximum atomic E-state index is 14.1. The Morgan fingerprint density at radius 2 is 1.84 bits per heavy atom. The molecule has 37 heavy (non-hydrogen) atoms. The molecule has 12 heteroatoms. The number of primary amides is 1. The lowest BCUT2D eigenvalue weighted by Gasteiger charge is -2.34. The fourth-order valence-electron chi connectivity index (χ4n) is 3.72. The van der Waals surface area contributed by atoms with Crippen molar-refractivity contribution < 1.29 is 29.0 Å². The molecule has 1 aliphatic heterocycles. The Morgan fingerprint density at radius 1 is 1.16 bits per heavy atom. The summed E-state index contributed by atoms with van der Waals surface area (Å²) in [5, 5.41) is 12.9. The fourth-order valence-corrected chi connectivity index (χ4v) is 4.46. The van der Waals surface area contributed by atoms with E-state index in [-0.39, 0.29) is 28.8 Å². The van der Waals surface area contributed by atoms with Gasteiger partial charge in [-0.2, -0.15) is 4.37 Å². The van der Waals surface area contributed by atoms with Gasteiger partial charge in [-0.1, -0.05) is 19.1 Å². The maximum Gasteiger partial charge on any atom is 0.273 e. The van der Waals surface area contributed by atoms with Crippen molar-refractivity contribution in [1.82, 2.24) is 9.69 Å². The average molecular weight is 526 g/mol. The lowest BCUT2D eigenvalue weighted by atomic mass is 9.98. The van der Waals surface area contributed by atoms with E-state index >= 15 is 0 Å². The molecule has 2 heterocycles. The number of carbonyl (C=O) groups is 3. The number of phenols is 1. The molecule has 0 unspecified atom stereocenters. The lowest BCUT2D eigenvalue weighted by Crippen LogP contribution is -2.50. The standard InChI is InChI=1S/C25H27N5O6S/c1-4-25(2,3)28-23(33)20(13-5-8-15(31)9-6-13)30(14-7-10-16-17(11-14)36-12-35-16)24(34)21-18(26)19(22(27)32)29-37-21/h5-11,20,31H,4,12,26H2,1-3H3,(H2,27,32)(H,28,33)/t20-/m0/s1. The molecule has 3 amide bonds. The smallest absolute Gasteiger partial charge is 0.273 e. The van der Waals surface area contributed by atoms with Crippen LogP contribution in [0.4, 0.5) is 11.4 Å². The zero-order valence-corrected chi connectivity index (χ0v) is 21.3. The van der Waals surface area contributed by atoms with E-state index in [1.165, 1.54) is 17.0 Å². The Labute approximate surface area is 217 Å². The van der Waals surface area contributed by atoms with Gasteiger partial charge in [0.2, 0.25) is 12.7 Å². The van der Waals surface area contributed by atoms with Crippen molar-refractivity contribution in [3.8, 4) is 17.2 Å². The van der Waals surface area contributed by atoms with Crippen molar-refractivity contribution in [2.75, 3.05) is 17.4 Å². The minimum absolute atomic E-state index is 0.00412. The van der Waals surface area contributed by atoms with E-state index in [4.69, 9.17) is 20.9 Å². The summed E-state index contributed by atoms with van der Waals surface area (Å²) in [6.07, 6.45) is 0.628. The van der Waals surface area contributed by atoms with Gasteiger partial charge in [-0.05, 0) is 61.6 Å². The molecule has 0 aliphatic carbocycles. The number of hydrogen-bond donors (Lipinski definition) is 4. The molecule has 0 saturated heterocycles. The van der Waals surface area contributed by atoms with Crippen LogP contribution in [0.2, 0.25) is 0 Å². The minimum Gasteiger partial charge on any atom is -0.508 e. The molecule has 194 valence electrons. The number of amides is 3. The van der Waals surface area contributed by atoms with Gasteiger partial charge in [-0.15, -0.1) is 0 Å². The van der Waals surface area contributed by atoms with Crippen LogP contribution in [0.3, 0.4) is 0 Å². The lowest BCUT2D eigenvalue weighted by molar-refractivity contribution is -0.124. The monoisotopic (exact) mass is 525 g/mol. The molecule has 2 aromatic carbocycles. The van der Waals surface area contributed by atoms with Gasteiger partial charge in [0.15, 0.2) is 17.2 Å². The summed E-state index contributed by atoms with van der Waals surface area (Å²) in [6, 6.07) is 9.58. The first-order valence-electron chi connectivity index (χ1n) is 11.4. The SMILES string of the molecule is CCC(C)(C)NC(=O)[C@H](c1ccc(O)cc1)N(C(=O)c1snc(C(N)=O)c1N)c1ccc2c(c1)OCO2. The molecule has 11 nitrogen and oxygen atoms in total. The molecule has 0 spiro atoms. The van der Waals surface area contributed by atoms with E-state index < -0.39 is 29.3 Å². The first-order valence-corrected chi connectivity index (χ1v) is 12.2. The second-order valence-electron chi connectivity index (χ2n) is 9.07. The van der Waals surface area contributed by atoms with Gasteiger partial charge in [0.05, 0.1) is 5.69 Å². The van der Waals surface area contributed by atoms with Crippen LogP contribution in [-0.2, 0) is 4.79 Å². The van der Waals surface area contributed by atoms with E-state index in [2.05, 4.69) is 9.69 Å². The molecule has 4 rings (SSSR count). The van der Waals surface area contributed by atoms with E-state index in [1.54, 1.807) is 30.3 Å². The Morgan fingerprint density at radius 3 is 2.46 bits per heavy atom. The summed E-state index contributed by atoms with van der Waals surface area (Å²) >= 11 is 0.711. The van der Waals surface area contributed by atoms with Crippen molar-refractivity contribution in [2.45, 2.75) is 38.8 Å². The van der Waals surface area contributed by atoms with Crippen molar-refractivity contribution in [2.24, 2.45) is 5.73 Å². The number of ether oxygens (including phenoxy) is 2. The zero-order chi connectivity index (χ0) is 26.9. The van der Waals surface area contributed by atoms with Crippen molar-refractivity contribution in [1.29, 1.82) is 0 Å². The average Bonchev–Trinajstić information content (AvgIpc) is 3.48. The summed E-state index contributed by atoms with van der Waals surface area (Å²) in [7, 11) is 0. The molecule has 3 aromatic rings. The summed E-state index contributed by atoms with van der Waals surface area (Å²) in [6.45, 7) is 5.68. The number of benzene rings is 2. The van der Waals surface area contributed by atoms with Crippen LogP contribution in [0.1, 0.15) is 59.0 Å². The van der Waals surface area contributed by atoms with Crippen LogP contribution >= 0.6 is 11.5 Å². The van der Waals surface area contributed by atoms with Gasteiger partial charge in [0.1, 0.15) is 16.7 Å². The molecule has 0 radical (unpaired) electrons.